The van der Waals surface area contributed by atoms with Crippen LogP contribution in [-0.2, 0) is 17.5 Å². The molecule has 0 aliphatic carbocycles. The fourth-order valence-electron chi connectivity index (χ4n) is 2.11. The predicted octanol–water partition coefficient (Wildman–Crippen LogP) is 3.85. The van der Waals surface area contributed by atoms with Gasteiger partial charge in [0.2, 0.25) is 5.91 Å². The van der Waals surface area contributed by atoms with E-state index in [0.717, 1.165) is 10.2 Å². The second kappa shape index (κ2) is 6.74. The largest absolute Gasteiger partial charge is 0.436 e. The van der Waals surface area contributed by atoms with Gasteiger partial charge in [-0.05, 0) is 35.3 Å². The molecule has 0 radical (unpaired) electrons. The van der Waals surface area contributed by atoms with E-state index in [2.05, 4.69) is 26.3 Å². The van der Waals surface area contributed by atoms with E-state index in [9.17, 15) is 18.0 Å². The number of carbonyl (C=O) groups excluding carboxylic acids is 1. The van der Waals surface area contributed by atoms with E-state index in [1.165, 1.54) is 6.92 Å². The molecule has 2 rings (SSSR count). The van der Waals surface area contributed by atoms with Gasteiger partial charge in [-0.3, -0.25) is 9.48 Å². The summed E-state index contributed by atoms with van der Waals surface area (Å²) in [5, 5.41) is 6.23. The van der Waals surface area contributed by atoms with Crippen LogP contribution < -0.4 is 5.32 Å². The molecule has 0 bridgehead atoms. The molecule has 1 aromatic heterocycles. The van der Waals surface area contributed by atoms with Crippen molar-refractivity contribution in [3.8, 4) is 0 Å². The van der Waals surface area contributed by atoms with E-state index in [1.807, 2.05) is 30.3 Å². The van der Waals surface area contributed by atoms with Gasteiger partial charge in [0.05, 0.1) is 16.2 Å². The highest BCUT2D eigenvalue weighted by Crippen LogP contribution is 2.35. The zero-order chi connectivity index (χ0) is 17.2. The minimum Gasteiger partial charge on any atom is -0.348 e. The van der Waals surface area contributed by atoms with Crippen LogP contribution in [-0.4, -0.2) is 15.7 Å². The van der Waals surface area contributed by atoms with Crippen LogP contribution in [0.15, 0.2) is 34.8 Å². The van der Waals surface area contributed by atoms with Gasteiger partial charge in [0, 0.05) is 0 Å². The van der Waals surface area contributed by atoms with Crippen LogP contribution in [0.2, 0.25) is 0 Å². The van der Waals surface area contributed by atoms with Crippen LogP contribution >= 0.6 is 15.9 Å². The Hall–Kier alpha value is -1.83. The highest BCUT2D eigenvalue weighted by atomic mass is 79.9. The van der Waals surface area contributed by atoms with Gasteiger partial charge in [-0.1, -0.05) is 30.3 Å². The number of carbonyl (C=O) groups is 1. The SMILES string of the molecule is Cc1c(Br)c(C(F)(F)F)nn1CC(=O)N[C@@H](C)c1ccccc1. The third-order valence-corrected chi connectivity index (χ3v) is 4.32. The van der Waals surface area contributed by atoms with E-state index < -0.39 is 17.8 Å². The van der Waals surface area contributed by atoms with Gasteiger partial charge in [-0.15, -0.1) is 0 Å². The average molecular weight is 390 g/mol. The van der Waals surface area contributed by atoms with Gasteiger partial charge in [0.25, 0.3) is 0 Å². The molecular formula is C15H15BrF3N3O. The van der Waals surface area contributed by atoms with Crippen molar-refractivity contribution in [3.05, 3.63) is 51.8 Å². The first-order valence-corrected chi connectivity index (χ1v) is 7.64. The Morgan fingerprint density at radius 1 is 1.35 bits per heavy atom. The lowest BCUT2D eigenvalue weighted by Gasteiger charge is -2.14. The Balaban J connectivity index is 2.09. The Labute approximate surface area is 139 Å². The normalized spacial score (nSPS) is 13.0. The van der Waals surface area contributed by atoms with Crippen molar-refractivity contribution in [1.82, 2.24) is 15.1 Å². The van der Waals surface area contributed by atoms with E-state index in [4.69, 9.17) is 0 Å². The number of nitrogens with zero attached hydrogens (tertiary/aromatic N) is 2. The number of hydrogen-bond acceptors (Lipinski definition) is 2. The lowest BCUT2D eigenvalue weighted by Crippen LogP contribution is -2.30. The number of amides is 1. The summed E-state index contributed by atoms with van der Waals surface area (Å²) in [7, 11) is 0. The molecule has 0 saturated carbocycles. The first kappa shape index (κ1) is 17.5. The summed E-state index contributed by atoms with van der Waals surface area (Å²) in [6.45, 7) is 3.00. The van der Waals surface area contributed by atoms with Crippen molar-refractivity contribution in [1.29, 1.82) is 0 Å². The molecular weight excluding hydrogens is 375 g/mol. The summed E-state index contributed by atoms with van der Waals surface area (Å²) in [5.74, 6) is -0.409. The minimum absolute atomic E-state index is 0.145. The third-order valence-electron chi connectivity index (χ3n) is 3.37. The number of nitrogens with one attached hydrogen (secondary N) is 1. The molecule has 4 nitrogen and oxygen atoms in total. The molecule has 23 heavy (non-hydrogen) atoms. The molecule has 0 fully saturated rings. The maximum absolute atomic E-state index is 12.8. The Kier molecular flexibility index (Phi) is 5.13. The number of halogens is 4. The second-order valence-corrected chi connectivity index (χ2v) is 5.90. The first-order valence-electron chi connectivity index (χ1n) is 6.84. The molecule has 0 spiro atoms. The smallest absolute Gasteiger partial charge is 0.348 e. The highest BCUT2D eigenvalue weighted by molar-refractivity contribution is 9.10. The maximum Gasteiger partial charge on any atom is 0.436 e. The van der Waals surface area contributed by atoms with Crippen molar-refractivity contribution in [2.45, 2.75) is 32.6 Å². The topological polar surface area (TPSA) is 46.9 Å². The van der Waals surface area contributed by atoms with Crippen molar-refractivity contribution in [2.75, 3.05) is 0 Å². The summed E-state index contributed by atoms with van der Waals surface area (Å²) in [4.78, 5) is 12.1. The molecule has 1 atom stereocenters. The Morgan fingerprint density at radius 3 is 2.48 bits per heavy atom. The molecule has 1 N–H and O–H groups in total. The van der Waals surface area contributed by atoms with Gasteiger partial charge in [-0.2, -0.15) is 18.3 Å². The fraction of sp³-hybridized carbons (Fsp3) is 0.333. The molecule has 1 aromatic carbocycles. The molecule has 1 amide bonds. The highest BCUT2D eigenvalue weighted by Gasteiger charge is 2.38. The standard InChI is InChI=1S/C15H15BrF3N3O/c1-9(11-6-4-3-5-7-11)20-12(23)8-22-10(2)13(16)14(21-22)15(17,18)19/h3-7,9H,8H2,1-2H3,(H,20,23)/t9-/m0/s1. The summed E-state index contributed by atoms with van der Waals surface area (Å²) in [6.07, 6.45) is -4.57. The first-order chi connectivity index (χ1) is 10.7. The van der Waals surface area contributed by atoms with Crippen molar-refractivity contribution in [3.63, 3.8) is 0 Å². The molecule has 0 saturated heterocycles. The van der Waals surface area contributed by atoms with Crippen LogP contribution in [0, 0.1) is 6.92 Å². The van der Waals surface area contributed by atoms with E-state index in [-0.39, 0.29) is 22.8 Å². The Bertz CT molecular complexity index is 698. The number of alkyl halides is 3. The molecule has 0 aliphatic heterocycles. The number of aromatic nitrogens is 2. The molecule has 124 valence electrons. The van der Waals surface area contributed by atoms with Crippen molar-refractivity contribution in [2.24, 2.45) is 0 Å². The van der Waals surface area contributed by atoms with Crippen molar-refractivity contribution >= 4 is 21.8 Å². The summed E-state index contributed by atoms with van der Waals surface area (Å²) < 4.78 is 39.3. The number of rotatable bonds is 4. The van der Waals surface area contributed by atoms with Crippen LogP contribution in [0.5, 0.6) is 0 Å². The van der Waals surface area contributed by atoms with Crippen LogP contribution in [0.4, 0.5) is 13.2 Å². The van der Waals surface area contributed by atoms with Gasteiger partial charge < -0.3 is 5.32 Å². The van der Waals surface area contributed by atoms with Crippen LogP contribution in [0.25, 0.3) is 0 Å². The second-order valence-electron chi connectivity index (χ2n) is 5.10. The third kappa shape index (κ3) is 4.13. The quantitative estimate of drug-likeness (QED) is 0.862. The molecule has 0 unspecified atom stereocenters. The maximum atomic E-state index is 12.8. The zero-order valence-corrected chi connectivity index (χ0v) is 14.1. The minimum atomic E-state index is -4.57. The van der Waals surface area contributed by atoms with E-state index >= 15 is 0 Å². The lowest BCUT2D eigenvalue weighted by atomic mass is 10.1. The van der Waals surface area contributed by atoms with Crippen LogP contribution in [0.3, 0.4) is 0 Å². The summed E-state index contributed by atoms with van der Waals surface area (Å²) in [6, 6.07) is 9.04. The van der Waals surface area contributed by atoms with Crippen LogP contribution in [0.1, 0.15) is 29.9 Å². The molecule has 1 heterocycles. The summed E-state index contributed by atoms with van der Waals surface area (Å²) >= 11 is 2.88. The van der Waals surface area contributed by atoms with Crippen molar-refractivity contribution < 1.29 is 18.0 Å². The van der Waals surface area contributed by atoms with E-state index in [0.29, 0.717) is 0 Å². The van der Waals surface area contributed by atoms with E-state index in [1.54, 1.807) is 6.92 Å². The zero-order valence-electron chi connectivity index (χ0n) is 12.5. The van der Waals surface area contributed by atoms with Gasteiger partial charge in [0.15, 0.2) is 5.69 Å². The van der Waals surface area contributed by atoms with Gasteiger partial charge >= 0.3 is 6.18 Å². The average Bonchev–Trinajstić information content (AvgIpc) is 2.76. The molecule has 8 heteroatoms. The van der Waals surface area contributed by atoms with Gasteiger partial charge in [-0.25, -0.2) is 0 Å². The number of benzene rings is 1. The Morgan fingerprint density at radius 2 is 1.96 bits per heavy atom. The number of hydrogen-bond donors (Lipinski definition) is 1. The predicted molar refractivity (Wildman–Crippen MR) is 82.7 cm³/mol. The lowest BCUT2D eigenvalue weighted by molar-refractivity contribution is -0.142. The molecule has 0 aliphatic rings. The summed E-state index contributed by atoms with van der Waals surface area (Å²) in [5.41, 5.74) is 0.133. The monoisotopic (exact) mass is 389 g/mol. The fourth-order valence-corrected chi connectivity index (χ4v) is 2.62. The van der Waals surface area contributed by atoms with Gasteiger partial charge in [0.1, 0.15) is 6.54 Å². The molecule has 2 aromatic rings.